The Hall–Kier alpha value is -2.45. The predicted octanol–water partition coefficient (Wildman–Crippen LogP) is 3.95. The van der Waals surface area contributed by atoms with Gasteiger partial charge in [0.15, 0.2) is 0 Å². The fourth-order valence-corrected chi connectivity index (χ4v) is 3.63. The SMILES string of the molecule is CCc1nccn1C(C)C(=O)N1CCC(c2nc(C(C)C)cc(C(F)(F)F)n2)C1. The van der Waals surface area contributed by atoms with Gasteiger partial charge in [-0.1, -0.05) is 20.8 Å². The highest BCUT2D eigenvalue weighted by atomic mass is 19.4. The van der Waals surface area contributed by atoms with Gasteiger partial charge in [-0.15, -0.1) is 0 Å². The first kappa shape index (κ1) is 21.3. The van der Waals surface area contributed by atoms with E-state index in [0.717, 1.165) is 11.9 Å². The number of rotatable bonds is 5. The number of aryl methyl sites for hydroxylation is 1. The van der Waals surface area contributed by atoms with Crippen LogP contribution in [0.25, 0.3) is 0 Å². The van der Waals surface area contributed by atoms with Crippen LogP contribution in [0.1, 0.15) is 75.0 Å². The lowest BCUT2D eigenvalue weighted by Crippen LogP contribution is -2.35. The van der Waals surface area contributed by atoms with Crippen molar-refractivity contribution in [3.63, 3.8) is 0 Å². The number of hydrogen-bond donors (Lipinski definition) is 0. The van der Waals surface area contributed by atoms with Gasteiger partial charge in [-0.2, -0.15) is 13.2 Å². The summed E-state index contributed by atoms with van der Waals surface area (Å²) >= 11 is 0. The average molecular weight is 409 g/mol. The maximum Gasteiger partial charge on any atom is 0.433 e. The molecule has 1 aliphatic heterocycles. The Balaban J connectivity index is 1.80. The second-order valence-corrected chi connectivity index (χ2v) is 7.74. The highest BCUT2D eigenvalue weighted by Crippen LogP contribution is 2.33. The number of likely N-dealkylation sites (tertiary alicyclic amines) is 1. The van der Waals surface area contributed by atoms with Gasteiger partial charge < -0.3 is 9.47 Å². The van der Waals surface area contributed by atoms with E-state index >= 15 is 0 Å². The summed E-state index contributed by atoms with van der Waals surface area (Å²) in [4.78, 5) is 27.1. The smallest absolute Gasteiger partial charge is 0.340 e. The second-order valence-electron chi connectivity index (χ2n) is 7.74. The van der Waals surface area contributed by atoms with E-state index in [2.05, 4.69) is 15.0 Å². The Morgan fingerprint density at radius 3 is 2.62 bits per heavy atom. The van der Waals surface area contributed by atoms with Crippen LogP contribution in [0.5, 0.6) is 0 Å². The van der Waals surface area contributed by atoms with E-state index in [1.807, 2.05) is 18.4 Å². The number of alkyl halides is 3. The van der Waals surface area contributed by atoms with Crippen LogP contribution in [0.15, 0.2) is 18.5 Å². The molecular formula is C20H26F3N5O. The van der Waals surface area contributed by atoms with Crippen molar-refractivity contribution in [2.24, 2.45) is 0 Å². The molecule has 0 aromatic carbocycles. The molecule has 1 amide bonds. The molecule has 158 valence electrons. The summed E-state index contributed by atoms with van der Waals surface area (Å²) in [6.45, 7) is 8.18. The first-order valence-corrected chi connectivity index (χ1v) is 9.88. The van der Waals surface area contributed by atoms with E-state index in [-0.39, 0.29) is 23.6 Å². The molecule has 2 unspecified atom stereocenters. The van der Waals surface area contributed by atoms with Crippen molar-refractivity contribution < 1.29 is 18.0 Å². The van der Waals surface area contributed by atoms with Gasteiger partial charge in [0, 0.05) is 43.5 Å². The summed E-state index contributed by atoms with van der Waals surface area (Å²) in [5.41, 5.74) is -0.554. The summed E-state index contributed by atoms with van der Waals surface area (Å²) in [7, 11) is 0. The molecular weight excluding hydrogens is 383 g/mol. The molecule has 1 saturated heterocycles. The van der Waals surface area contributed by atoms with E-state index < -0.39 is 17.9 Å². The van der Waals surface area contributed by atoms with Crippen LogP contribution in [-0.4, -0.2) is 43.4 Å². The second kappa shape index (κ2) is 8.12. The maximum absolute atomic E-state index is 13.3. The molecule has 0 aliphatic carbocycles. The minimum absolute atomic E-state index is 0.0729. The van der Waals surface area contributed by atoms with E-state index in [9.17, 15) is 18.0 Å². The molecule has 0 bridgehead atoms. The van der Waals surface area contributed by atoms with Gasteiger partial charge in [-0.05, 0) is 25.3 Å². The minimum atomic E-state index is -4.53. The van der Waals surface area contributed by atoms with Crippen LogP contribution < -0.4 is 0 Å². The van der Waals surface area contributed by atoms with Crippen LogP contribution in [0.4, 0.5) is 13.2 Å². The maximum atomic E-state index is 13.3. The average Bonchev–Trinajstić information content (AvgIpc) is 3.35. The summed E-state index contributed by atoms with van der Waals surface area (Å²) in [5, 5.41) is 0. The fraction of sp³-hybridized carbons (Fsp3) is 0.600. The van der Waals surface area contributed by atoms with Gasteiger partial charge in [0.2, 0.25) is 5.91 Å². The van der Waals surface area contributed by atoms with Gasteiger partial charge in [-0.3, -0.25) is 4.79 Å². The number of hydrogen-bond acceptors (Lipinski definition) is 4. The van der Waals surface area contributed by atoms with Gasteiger partial charge in [-0.25, -0.2) is 15.0 Å². The zero-order valence-corrected chi connectivity index (χ0v) is 17.1. The van der Waals surface area contributed by atoms with E-state index in [0.29, 0.717) is 31.6 Å². The number of nitrogens with zero attached hydrogens (tertiary/aromatic N) is 5. The number of aromatic nitrogens is 4. The lowest BCUT2D eigenvalue weighted by Gasteiger charge is -2.23. The first-order valence-electron chi connectivity index (χ1n) is 9.88. The number of carbonyl (C=O) groups is 1. The van der Waals surface area contributed by atoms with Gasteiger partial charge in [0.1, 0.15) is 23.4 Å². The predicted molar refractivity (Wildman–Crippen MR) is 101 cm³/mol. The molecule has 0 saturated carbocycles. The fourth-order valence-electron chi connectivity index (χ4n) is 3.63. The zero-order chi connectivity index (χ0) is 21.3. The number of carbonyl (C=O) groups excluding carboxylic acids is 1. The summed E-state index contributed by atoms with van der Waals surface area (Å²) < 4.78 is 41.7. The van der Waals surface area contributed by atoms with Crippen LogP contribution in [0.3, 0.4) is 0 Å². The molecule has 29 heavy (non-hydrogen) atoms. The number of imidazole rings is 1. The highest BCUT2D eigenvalue weighted by molar-refractivity contribution is 5.80. The summed E-state index contributed by atoms with van der Waals surface area (Å²) in [5.74, 6) is 0.467. The molecule has 1 aliphatic rings. The first-order chi connectivity index (χ1) is 13.6. The third-order valence-corrected chi connectivity index (χ3v) is 5.35. The molecule has 3 rings (SSSR count). The summed E-state index contributed by atoms with van der Waals surface area (Å²) in [6.07, 6.45) is 0.173. The molecule has 2 aromatic heterocycles. The quantitative estimate of drug-likeness (QED) is 0.750. The van der Waals surface area contributed by atoms with Crippen LogP contribution in [0.2, 0.25) is 0 Å². The Kier molecular flexibility index (Phi) is 5.95. The molecule has 2 aromatic rings. The van der Waals surface area contributed by atoms with Crippen molar-refractivity contribution in [2.75, 3.05) is 13.1 Å². The van der Waals surface area contributed by atoms with Crippen molar-refractivity contribution in [1.82, 2.24) is 24.4 Å². The Labute approximate surface area is 168 Å². The van der Waals surface area contributed by atoms with Crippen molar-refractivity contribution in [3.8, 4) is 0 Å². The Bertz CT molecular complexity index is 877. The molecule has 0 N–H and O–H groups in total. The van der Waals surface area contributed by atoms with E-state index in [1.54, 1.807) is 31.1 Å². The monoisotopic (exact) mass is 409 g/mol. The standard InChI is InChI=1S/C20H26F3N5O/c1-5-17-24-7-9-28(17)13(4)19(29)27-8-6-14(11-27)18-25-15(12(2)3)10-16(26-18)20(21,22)23/h7,9-10,12-14H,5-6,8,11H2,1-4H3. The lowest BCUT2D eigenvalue weighted by atomic mass is 10.1. The number of amides is 1. The molecule has 0 spiro atoms. The largest absolute Gasteiger partial charge is 0.433 e. The van der Waals surface area contributed by atoms with Gasteiger partial charge in [0.25, 0.3) is 0 Å². The van der Waals surface area contributed by atoms with Crippen LogP contribution >= 0.6 is 0 Å². The highest BCUT2D eigenvalue weighted by Gasteiger charge is 2.37. The van der Waals surface area contributed by atoms with Gasteiger partial charge >= 0.3 is 6.18 Å². The summed E-state index contributed by atoms with van der Waals surface area (Å²) in [6, 6.07) is 0.597. The van der Waals surface area contributed by atoms with Crippen molar-refractivity contribution in [1.29, 1.82) is 0 Å². The lowest BCUT2D eigenvalue weighted by molar-refractivity contribution is -0.141. The van der Waals surface area contributed by atoms with Crippen LogP contribution in [-0.2, 0) is 17.4 Å². The Morgan fingerprint density at radius 2 is 2.00 bits per heavy atom. The molecule has 9 heteroatoms. The molecule has 0 radical (unpaired) electrons. The van der Waals surface area contributed by atoms with E-state index in [4.69, 9.17) is 0 Å². The topological polar surface area (TPSA) is 63.9 Å². The zero-order valence-electron chi connectivity index (χ0n) is 17.1. The molecule has 2 atom stereocenters. The van der Waals surface area contributed by atoms with E-state index in [1.165, 1.54) is 0 Å². The van der Waals surface area contributed by atoms with Crippen molar-refractivity contribution >= 4 is 5.91 Å². The number of halogens is 3. The molecule has 1 fully saturated rings. The van der Waals surface area contributed by atoms with Crippen molar-refractivity contribution in [2.45, 2.75) is 64.6 Å². The van der Waals surface area contributed by atoms with Crippen molar-refractivity contribution in [3.05, 3.63) is 41.5 Å². The normalized spacial score (nSPS) is 18.5. The molecule has 6 nitrogen and oxygen atoms in total. The third-order valence-electron chi connectivity index (χ3n) is 5.35. The third kappa shape index (κ3) is 4.43. The Morgan fingerprint density at radius 1 is 1.28 bits per heavy atom. The van der Waals surface area contributed by atoms with Gasteiger partial charge in [0.05, 0.1) is 0 Å². The molecule has 3 heterocycles. The minimum Gasteiger partial charge on any atom is -0.340 e. The van der Waals surface area contributed by atoms with Crippen LogP contribution in [0, 0.1) is 0 Å².